The summed E-state index contributed by atoms with van der Waals surface area (Å²) >= 11 is 0. The van der Waals surface area contributed by atoms with Gasteiger partial charge in [-0.3, -0.25) is 0 Å². The lowest BCUT2D eigenvalue weighted by Crippen LogP contribution is -2.37. The topological polar surface area (TPSA) is 39.2 Å². The van der Waals surface area contributed by atoms with E-state index in [4.69, 9.17) is 4.74 Å². The van der Waals surface area contributed by atoms with Crippen LogP contribution < -0.4 is 0 Å². The van der Waals surface area contributed by atoms with Crippen LogP contribution in [0, 0.1) is 0 Å². The Hall–Kier alpha value is -0.540. The molecule has 68 valence electrons. The third-order valence-electron chi connectivity index (χ3n) is 1.11. The van der Waals surface area contributed by atoms with Crippen LogP contribution >= 0.6 is 0 Å². The molecule has 0 aromatic heterocycles. The Balaban J connectivity index is 0. The minimum Gasteiger partial charge on any atom is -0.870 e. The molecule has 3 heteroatoms. The normalized spacial score (nSPS) is 11.3. The Morgan fingerprint density at radius 1 is 1.27 bits per heavy atom. The van der Waals surface area contributed by atoms with Crippen LogP contribution in [0.3, 0.4) is 0 Å². The summed E-state index contributed by atoms with van der Waals surface area (Å²) in [6.07, 6.45) is 3.63. The summed E-state index contributed by atoms with van der Waals surface area (Å²) in [6, 6.07) is 0. The number of hydrogen-bond acceptors (Lipinski definition) is 2. The molecular weight excluding hydrogens is 142 g/mol. The molecule has 0 heterocycles. The van der Waals surface area contributed by atoms with Crippen LogP contribution in [0.1, 0.15) is 6.92 Å². The molecule has 0 saturated carbocycles. The van der Waals surface area contributed by atoms with Crippen LogP contribution in [-0.4, -0.2) is 44.3 Å². The second kappa shape index (κ2) is 6.19. The Labute approximate surface area is 69.2 Å². The van der Waals surface area contributed by atoms with Crippen molar-refractivity contribution in [1.82, 2.24) is 0 Å². The number of allylic oxidation sites excluding steroid dienone is 1. The lowest BCUT2D eigenvalue weighted by Gasteiger charge is -2.22. The maximum atomic E-state index is 5.16. The predicted octanol–water partition coefficient (Wildman–Crippen LogP) is 1.07. The van der Waals surface area contributed by atoms with Gasteiger partial charge in [-0.2, -0.15) is 0 Å². The van der Waals surface area contributed by atoms with E-state index >= 15 is 0 Å². The van der Waals surface area contributed by atoms with Crippen LogP contribution in [0.2, 0.25) is 0 Å². The van der Waals surface area contributed by atoms with Crippen LogP contribution in [0.5, 0.6) is 0 Å². The minimum absolute atomic E-state index is 0. The molecular formula is C8H19NO2. The molecule has 0 radical (unpaired) electrons. The van der Waals surface area contributed by atoms with Gasteiger partial charge >= 0.3 is 0 Å². The molecule has 0 saturated heterocycles. The van der Waals surface area contributed by atoms with Gasteiger partial charge in [-0.1, -0.05) is 6.08 Å². The molecule has 0 aliphatic heterocycles. The van der Waals surface area contributed by atoms with Crippen molar-refractivity contribution < 1.29 is 14.7 Å². The average molecular weight is 161 g/mol. The number of hydrogen-bond donors (Lipinski definition) is 0. The summed E-state index contributed by atoms with van der Waals surface area (Å²) in [5.41, 5.74) is 0. The van der Waals surface area contributed by atoms with Gasteiger partial charge in [0.15, 0.2) is 0 Å². The molecule has 0 aliphatic rings. The van der Waals surface area contributed by atoms with Gasteiger partial charge in [0.2, 0.25) is 0 Å². The van der Waals surface area contributed by atoms with E-state index in [0.29, 0.717) is 0 Å². The number of quaternary nitrogens is 1. The molecule has 0 rings (SSSR count). The molecule has 3 nitrogen and oxygen atoms in total. The fourth-order valence-corrected chi connectivity index (χ4v) is 0.491. The summed E-state index contributed by atoms with van der Waals surface area (Å²) < 4.78 is 6.12. The fourth-order valence-electron chi connectivity index (χ4n) is 0.491. The fraction of sp³-hybridized carbons (Fsp3) is 0.750. The summed E-state index contributed by atoms with van der Waals surface area (Å²) in [5.74, 6) is 0. The molecule has 1 N–H and O–H groups in total. The van der Waals surface area contributed by atoms with E-state index in [1.807, 2.05) is 13.0 Å². The lowest BCUT2D eigenvalue weighted by atomic mass is 10.5. The SMILES string of the molecule is CC=COCC[N+](C)(C)C.[OH-]. The minimum atomic E-state index is 0. The van der Waals surface area contributed by atoms with Crippen molar-refractivity contribution in [3.63, 3.8) is 0 Å². The molecule has 0 fully saturated rings. The number of nitrogens with zero attached hydrogens (tertiary/aromatic N) is 1. The van der Waals surface area contributed by atoms with Crippen molar-refractivity contribution in [2.24, 2.45) is 0 Å². The standard InChI is InChI=1S/C8H18NO.H2O/c1-5-7-10-8-6-9(2,3)4;/h5,7H,6,8H2,1-4H3;1H2/q+1;/p-1. The average Bonchev–Trinajstić information content (AvgIpc) is 1.78. The van der Waals surface area contributed by atoms with E-state index < -0.39 is 0 Å². The smallest absolute Gasteiger partial charge is 0.136 e. The van der Waals surface area contributed by atoms with E-state index in [1.54, 1.807) is 6.26 Å². The van der Waals surface area contributed by atoms with Gasteiger partial charge in [0.05, 0.1) is 27.4 Å². The van der Waals surface area contributed by atoms with E-state index in [0.717, 1.165) is 17.6 Å². The van der Waals surface area contributed by atoms with E-state index in [-0.39, 0.29) is 5.48 Å². The highest BCUT2D eigenvalue weighted by molar-refractivity contribution is 4.64. The largest absolute Gasteiger partial charge is 0.870 e. The first-order chi connectivity index (χ1) is 4.56. The van der Waals surface area contributed by atoms with Gasteiger partial charge in [0.1, 0.15) is 13.2 Å². The van der Waals surface area contributed by atoms with Gasteiger partial charge in [-0.25, -0.2) is 0 Å². The molecule has 0 atom stereocenters. The molecule has 0 aromatic carbocycles. The Kier molecular flexibility index (Phi) is 7.36. The van der Waals surface area contributed by atoms with Crippen molar-refractivity contribution in [2.45, 2.75) is 6.92 Å². The molecule has 11 heavy (non-hydrogen) atoms. The summed E-state index contributed by atoms with van der Waals surface area (Å²) in [6.45, 7) is 3.80. The highest BCUT2D eigenvalue weighted by atomic mass is 16.5. The highest BCUT2D eigenvalue weighted by Gasteiger charge is 2.04. The first-order valence-electron chi connectivity index (χ1n) is 3.59. The van der Waals surface area contributed by atoms with Crippen molar-refractivity contribution in [1.29, 1.82) is 0 Å². The number of likely N-dealkylation sites (N-methyl/N-ethyl adjacent to an activating group) is 1. The zero-order valence-corrected chi connectivity index (χ0v) is 7.87. The third kappa shape index (κ3) is 12.6. The van der Waals surface area contributed by atoms with Crippen molar-refractivity contribution in [3.05, 3.63) is 12.3 Å². The molecule has 0 bridgehead atoms. The van der Waals surface area contributed by atoms with Gasteiger partial charge in [0.25, 0.3) is 0 Å². The molecule has 0 unspecified atom stereocenters. The first-order valence-corrected chi connectivity index (χ1v) is 3.59. The van der Waals surface area contributed by atoms with Gasteiger partial charge in [-0.05, 0) is 6.92 Å². The zero-order chi connectivity index (χ0) is 8.04. The third-order valence-corrected chi connectivity index (χ3v) is 1.11. The van der Waals surface area contributed by atoms with Gasteiger partial charge in [-0.15, -0.1) is 0 Å². The van der Waals surface area contributed by atoms with Crippen LogP contribution in [0.15, 0.2) is 12.3 Å². The van der Waals surface area contributed by atoms with Crippen LogP contribution in [0.25, 0.3) is 0 Å². The summed E-state index contributed by atoms with van der Waals surface area (Å²) in [5, 5.41) is 0. The summed E-state index contributed by atoms with van der Waals surface area (Å²) in [4.78, 5) is 0. The van der Waals surface area contributed by atoms with Gasteiger partial charge in [0, 0.05) is 0 Å². The maximum Gasteiger partial charge on any atom is 0.136 e. The highest BCUT2D eigenvalue weighted by Crippen LogP contribution is 1.89. The lowest BCUT2D eigenvalue weighted by molar-refractivity contribution is -0.870. The van der Waals surface area contributed by atoms with E-state index in [9.17, 15) is 0 Å². The Morgan fingerprint density at radius 3 is 2.18 bits per heavy atom. The predicted molar refractivity (Wildman–Crippen MR) is 45.6 cm³/mol. The second-order valence-corrected chi connectivity index (χ2v) is 3.35. The maximum absolute atomic E-state index is 5.16. The number of ether oxygens (including phenoxy) is 1. The second-order valence-electron chi connectivity index (χ2n) is 3.35. The van der Waals surface area contributed by atoms with Crippen LogP contribution in [0.4, 0.5) is 0 Å². The van der Waals surface area contributed by atoms with Crippen molar-refractivity contribution >= 4 is 0 Å². The quantitative estimate of drug-likeness (QED) is 0.351. The molecule has 0 spiro atoms. The Morgan fingerprint density at radius 2 is 1.82 bits per heavy atom. The molecule has 0 aromatic rings. The summed E-state index contributed by atoms with van der Waals surface area (Å²) in [7, 11) is 6.46. The molecule has 0 aliphatic carbocycles. The Bertz CT molecular complexity index is 105. The molecule has 0 amide bonds. The van der Waals surface area contributed by atoms with E-state index in [1.165, 1.54) is 0 Å². The van der Waals surface area contributed by atoms with Crippen molar-refractivity contribution in [2.75, 3.05) is 34.3 Å². The first kappa shape index (κ1) is 13.1. The monoisotopic (exact) mass is 161 g/mol. The van der Waals surface area contributed by atoms with E-state index in [2.05, 4.69) is 21.1 Å². The zero-order valence-electron chi connectivity index (χ0n) is 7.87. The number of rotatable bonds is 4. The van der Waals surface area contributed by atoms with Crippen LogP contribution in [-0.2, 0) is 4.74 Å². The van der Waals surface area contributed by atoms with Crippen molar-refractivity contribution in [3.8, 4) is 0 Å². The van der Waals surface area contributed by atoms with Gasteiger partial charge < -0.3 is 14.7 Å².